The number of pyridine rings is 1. The lowest BCUT2D eigenvalue weighted by Crippen LogP contribution is -2.36. The largest absolute Gasteiger partial charge is 0.456 e. The molecule has 0 saturated heterocycles. The molecular formula is C138H85N7O3. The number of hydrogen-bond donors (Lipinski definition) is 0. The second-order valence-corrected chi connectivity index (χ2v) is 39.2. The molecule has 2 unspecified atom stereocenters. The monoisotopic (exact) mass is 1890 g/mol. The third-order valence-electron chi connectivity index (χ3n) is 31.5. The molecule has 690 valence electrons. The van der Waals surface area contributed by atoms with Crippen LogP contribution in [0.3, 0.4) is 0 Å². The highest BCUT2D eigenvalue weighted by Crippen LogP contribution is 2.69. The number of hydrogen-bond acceptors (Lipinski definition) is 10. The van der Waals surface area contributed by atoms with Crippen molar-refractivity contribution < 1.29 is 14.2 Å². The molecule has 23 aromatic rings. The Hall–Kier alpha value is -19.3. The van der Waals surface area contributed by atoms with Gasteiger partial charge in [-0.05, 0) is 214 Å². The minimum Gasteiger partial charge on any atom is -0.456 e. The summed E-state index contributed by atoms with van der Waals surface area (Å²) in [6.07, 6.45) is 8.24. The number of rotatable bonds is 13. The lowest BCUT2D eigenvalue weighted by Gasteiger charge is -2.42. The number of fused-ring (bicyclic) bond motifs is 28. The Morgan fingerprint density at radius 1 is 0.189 bits per heavy atom. The van der Waals surface area contributed by atoms with Crippen molar-refractivity contribution in [3.05, 3.63) is 564 Å². The molecule has 0 radical (unpaired) electrons. The van der Waals surface area contributed by atoms with Crippen LogP contribution in [0, 0.1) is 0 Å². The zero-order chi connectivity index (χ0) is 97.3. The first-order valence-corrected chi connectivity index (χ1v) is 50.7. The first kappa shape index (κ1) is 84.4. The predicted molar refractivity (Wildman–Crippen MR) is 592 cm³/mol. The SMILES string of the molecule is C1=C2Oc3c(-c4nc(-c5ccccc5)cc(-c5ccccn5)n4)cccc3C3(C2=CCC1)c1ccccc1-c1c(-c2ccc4c(-c5cc(-c6ccccc6)nc(-c6cccc7c6Oc6ccccc6C76c7ccccc7-c7cc(-c8ccccc8-c8ccc(-c9cc(-c%10ccc(-c%11ccccc%11)cc%10)nc(-c%10cccc%11c%10Oc%10ccccc%10C%11%10c%11ccccc%11-c%11ccccc%11%10)n9)cc8)ccc76)n5)cccc4c2)cccc13. The lowest BCUT2D eigenvalue weighted by molar-refractivity contribution is 0.385. The normalized spacial score (nSPS) is 15.3. The highest BCUT2D eigenvalue weighted by atomic mass is 16.5. The Morgan fingerprint density at radius 2 is 0.547 bits per heavy atom. The second kappa shape index (κ2) is 33.4. The van der Waals surface area contributed by atoms with Gasteiger partial charge in [-0.2, -0.15) is 0 Å². The fourth-order valence-electron chi connectivity index (χ4n) is 25.2. The number of para-hydroxylation sites is 5. The quantitative estimate of drug-likeness (QED) is 0.110. The van der Waals surface area contributed by atoms with E-state index >= 15 is 0 Å². The topological polar surface area (TPSA) is 118 Å². The third kappa shape index (κ3) is 12.7. The van der Waals surface area contributed by atoms with Crippen LogP contribution in [0.1, 0.15) is 74.0 Å². The summed E-state index contributed by atoms with van der Waals surface area (Å²) in [6.45, 7) is 0. The maximum atomic E-state index is 7.51. The fourth-order valence-corrected chi connectivity index (χ4v) is 25.2. The van der Waals surface area contributed by atoms with E-state index in [1.54, 1.807) is 0 Å². The summed E-state index contributed by atoms with van der Waals surface area (Å²) in [5.74, 6) is 6.28. The molecule has 10 nitrogen and oxygen atoms in total. The highest BCUT2D eigenvalue weighted by molar-refractivity contribution is 6.04. The van der Waals surface area contributed by atoms with Crippen LogP contribution >= 0.6 is 0 Å². The summed E-state index contributed by atoms with van der Waals surface area (Å²) in [6, 6.07) is 170. The van der Waals surface area contributed by atoms with Crippen LogP contribution in [0.25, 0.3) is 190 Å². The van der Waals surface area contributed by atoms with Crippen LogP contribution in [0.5, 0.6) is 28.7 Å². The average molecular weight is 1890 g/mol. The van der Waals surface area contributed by atoms with E-state index in [1.807, 2.05) is 48.7 Å². The third-order valence-corrected chi connectivity index (χ3v) is 31.5. The van der Waals surface area contributed by atoms with Crippen molar-refractivity contribution in [2.24, 2.45) is 0 Å². The lowest BCUT2D eigenvalue weighted by atomic mass is 9.64. The molecule has 7 aliphatic rings. The van der Waals surface area contributed by atoms with E-state index in [9.17, 15) is 0 Å². The van der Waals surface area contributed by atoms with E-state index in [-0.39, 0.29) is 0 Å². The molecule has 0 saturated carbocycles. The average Bonchev–Trinajstić information content (AvgIpc) is 1.50. The fraction of sp³-hybridized carbons (Fsp3) is 0.0362. The molecule has 148 heavy (non-hydrogen) atoms. The number of nitrogens with zero attached hydrogens (tertiary/aromatic N) is 7. The summed E-state index contributed by atoms with van der Waals surface area (Å²) >= 11 is 0. The van der Waals surface area contributed by atoms with Gasteiger partial charge in [0.2, 0.25) is 0 Å². The first-order valence-electron chi connectivity index (χ1n) is 50.7. The summed E-state index contributed by atoms with van der Waals surface area (Å²) < 4.78 is 22.1. The van der Waals surface area contributed by atoms with E-state index < -0.39 is 16.2 Å². The molecule has 3 spiro atoms. The van der Waals surface area contributed by atoms with Crippen LogP contribution in [-0.2, 0) is 16.2 Å². The van der Waals surface area contributed by atoms with Crippen molar-refractivity contribution in [2.75, 3.05) is 0 Å². The van der Waals surface area contributed by atoms with Crippen molar-refractivity contribution in [1.82, 2.24) is 34.9 Å². The van der Waals surface area contributed by atoms with Gasteiger partial charge < -0.3 is 14.2 Å². The number of aromatic nitrogens is 7. The molecule has 7 heterocycles. The van der Waals surface area contributed by atoms with E-state index in [2.05, 4.69) is 443 Å². The smallest absolute Gasteiger partial charge is 0.164 e. The molecule has 0 N–H and O–H groups in total. The van der Waals surface area contributed by atoms with Crippen LogP contribution in [0.15, 0.2) is 503 Å². The Balaban J connectivity index is 0.512. The van der Waals surface area contributed by atoms with Gasteiger partial charge in [0.1, 0.15) is 34.5 Å². The Bertz CT molecular complexity index is 9470. The number of benzene rings is 19. The van der Waals surface area contributed by atoms with Crippen LogP contribution < -0.4 is 14.2 Å². The second-order valence-electron chi connectivity index (χ2n) is 39.2. The van der Waals surface area contributed by atoms with Gasteiger partial charge in [0.25, 0.3) is 0 Å². The van der Waals surface area contributed by atoms with Crippen LogP contribution in [0.4, 0.5) is 0 Å². The van der Waals surface area contributed by atoms with Gasteiger partial charge in [-0.15, -0.1) is 0 Å². The Labute approximate surface area is 855 Å². The molecule has 4 aliphatic carbocycles. The molecule has 4 aromatic heterocycles. The van der Waals surface area contributed by atoms with Crippen molar-refractivity contribution in [3.8, 4) is 208 Å². The van der Waals surface area contributed by atoms with Gasteiger partial charge in [0, 0.05) is 67.4 Å². The molecular weight excluding hydrogens is 1800 g/mol. The summed E-state index contributed by atoms with van der Waals surface area (Å²) in [5, 5.41) is 2.13. The van der Waals surface area contributed by atoms with Crippen LogP contribution in [0.2, 0.25) is 0 Å². The molecule has 0 bridgehead atoms. The molecule has 19 aromatic carbocycles. The number of ether oxygens (including phenoxy) is 3. The molecule has 30 rings (SSSR count). The highest BCUT2D eigenvalue weighted by Gasteiger charge is 2.57. The predicted octanol–water partition coefficient (Wildman–Crippen LogP) is 33.5. The molecule has 3 aliphatic heterocycles. The molecule has 0 fully saturated rings. The van der Waals surface area contributed by atoms with E-state index in [4.69, 9.17) is 49.1 Å². The summed E-state index contributed by atoms with van der Waals surface area (Å²) in [7, 11) is 0. The molecule has 0 amide bonds. The van der Waals surface area contributed by atoms with Gasteiger partial charge >= 0.3 is 0 Å². The standard InChI is InChI=1S/C138H85N7O3/c1-4-33-84(34-5-1)85-66-70-89(71-67-85)120-81-121(141-133(140-120)103-48-30-59-116-130(103)146-126-63-23-20-55-112(126)136(116)107-51-16-12-42-98(107)99-43-13-17-52-108(99)136)90-72-68-86(69-73-90)94-40-10-11-41-95(94)93-75-77-111-106(80-93)100-44-14-18-53-109(100)137(111)113-56-21-24-64-127(113)147-131-104(49-31-60-117(131)137)134-142-122(87-35-6-2-7-36-87)82-124(144-134)101-47-28-39-91-79-92(74-76-96(91)101)97-46-29-58-115-129(97)102-45-15-19-54-110(102)138(115)114-57-22-25-65-128(114)148-132-105(50-32-61-118(132)138)135-143-123(88-37-8-3-9-38-88)83-125(145-135)119-62-26-27-78-139-119/h1-21,23-24,26-83H,22,25H2. The maximum Gasteiger partial charge on any atom is 0.164 e. The van der Waals surface area contributed by atoms with Crippen molar-refractivity contribution >= 4 is 10.8 Å². The van der Waals surface area contributed by atoms with Gasteiger partial charge in [-0.25, -0.2) is 29.9 Å². The van der Waals surface area contributed by atoms with Gasteiger partial charge in [-0.3, -0.25) is 4.98 Å². The van der Waals surface area contributed by atoms with Crippen molar-refractivity contribution in [1.29, 1.82) is 0 Å². The van der Waals surface area contributed by atoms with E-state index in [0.29, 0.717) is 23.2 Å². The van der Waals surface area contributed by atoms with E-state index in [0.717, 1.165) is 231 Å². The minimum atomic E-state index is -0.834. The number of allylic oxidation sites excluding steroid dienone is 3. The summed E-state index contributed by atoms with van der Waals surface area (Å²) in [5.41, 5.74) is 40.0. The summed E-state index contributed by atoms with van der Waals surface area (Å²) in [4.78, 5) is 38.1. The zero-order valence-electron chi connectivity index (χ0n) is 80.0. The van der Waals surface area contributed by atoms with Crippen molar-refractivity contribution in [3.63, 3.8) is 0 Å². The van der Waals surface area contributed by atoms with E-state index in [1.165, 1.54) is 50.1 Å². The van der Waals surface area contributed by atoms with Gasteiger partial charge in [0.15, 0.2) is 17.5 Å². The zero-order valence-corrected chi connectivity index (χ0v) is 80.0. The molecule has 10 heteroatoms. The van der Waals surface area contributed by atoms with Gasteiger partial charge in [0.05, 0.1) is 72.8 Å². The van der Waals surface area contributed by atoms with Gasteiger partial charge in [-0.1, -0.05) is 406 Å². The molecule has 2 atom stereocenters. The maximum absolute atomic E-state index is 7.51. The van der Waals surface area contributed by atoms with Crippen LogP contribution in [-0.4, -0.2) is 34.9 Å². The Morgan fingerprint density at radius 3 is 1.11 bits per heavy atom. The Kier molecular flexibility index (Phi) is 19.1. The first-order chi connectivity index (χ1) is 73.3. The van der Waals surface area contributed by atoms with Crippen molar-refractivity contribution in [2.45, 2.75) is 29.1 Å². The minimum absolute atomic E-state index is 0.547.